The number of rotatable bonds is 17. The number of fused-ring (bicyclic) bond motifs is 1. The predicted molar refractivity (Wildman–Crippen MR) is 181 cm³/mol. The predicted octanol–water partition coefficient (Wildman–Crippen LogP) is 1.30. The number of nitrogens with zero attached hydrogens (tertiary/aromatic N) is 2. The van der Waals surface area contributed by atoms with E-state index in [0.29, 0.717) is 5.82 Å². The summed E-state index contributed by atoms with van der Waals surface area (Å²) in [4.78, 5) is 82.8. The van der Waals surface area contributed by atoms with E-state index in [9.17, 15) is 28.8 Å². The van der Waals surface area contributed by atoms with Crippen LogP contribution in [0.25, 0.3) is 11.0 Å². The van der Waals surface area contributed by atoms with Gasteiger partial charge in [0.2, 0.25) is 17.7 Å². The number of alkyl carbamates (subject to hydrolysis) is 1. The normalized spacial score (nSPS) is 13.2. The van der Waals surface area contributed by atoms with E-state index < -0.39 is 53.5 Å². The van der Waals surface area contributed by atoms with Gasteiger partial charge in [-0.05, 0) is 55.0 Å². The van der Waals surface area contributed by atoms with Crippen molar-refractivity contribution in [3.8, 4) is 0 Å². The third-order valence-electron chi connectivity index (χ3n) is 7.35. The van der Waals surface area contributed by atoms with Gasteiger partial charge in [-0.2, -0.15) is 0 Å². The van der Waals surface area contributed by atoms with Crippen LogP contribution < -0.4 is 33.0 Å². The summed E-state index contributed by atoms with van der Waals surface area (Å²) in [7, 11) is 0. The SMILES string of the molecule is CC(C)C(NC(=O)[C@@H](N)C(C)C)C(=O)OCCOC(=O)N[C@@H](CC/C=C/C(N)=O)C(=O)Nc1cccn(Cc2nc3ccccc3[nH]2)c1=O. The molecule has 0 saturated carbocycles. The van der Waals surface area contributed by atoms with Crippen molar-refractivity contribution in [2.45, 2.75) is 65.2 Å². The van der Waals surface area contributed by atoms with Gasteiger partial charge in [0.15, 0.2) is 0 Å². The Balaban J connectivity index is 1.60. The van der Waals surface area contributed by atoms with Gasteiger partial charge in [-0.1, -0.05) is 45.9 Å². The quantitative estimate of drug-likeness (QED) is 0.0678. The number of primary amides is 1. The lowest BCUT2D eigenvalue weighted by molar-refractivity contribution is -0.150. The Bertz CT molecular complexity index is 1680. The van der Waals surface area contributed by atoms with Gasteiger partial charge in [0.1, 0.15) is 36.8 Å². The summed E-state index contributed by atoms with van der Waals surface area (Å²) in [5.74, 6) is -2.51. The fourth-order valence-corrected chi connectivity index (χ4v) is 4.55. The van der Waals surface area contributed by atoms with Crippen LogP contribution in [0.5, 0.6) is 0 Å². The van der Waals surface area contributed by atoms with E-state index >= 15 is 0 Å². The van der Waals surface area contributed by atoms with E-state index in [1.54, 1.807) is 40.0 Å². The number of carbonyl (C=O) groups excluding carboxylic acids is 5. The standard InChI is InChI=1S/C33H44N8O8/c1-19(2)27(35)30(44)40-28(20(3)4)32(46)48-16-17-49-33(47)39-23(12-7-8-14-25(34)42)29(43)38-24-13-9-15-41(31(24)45)18-26-36-21-10-5-6-11-22(21)37-26/h5-6,8-11,13-15,19-20,23,27-28H,7,12,16-18,35H2,1-4H3,(H2,34,42)(H,36,37)(H,38,43)(H,39,47)(H,40,44)/b14-8+/t23-,27-,28?/m0/s1. The van der Waals surface area contributed by atoms with Crippen molar-refractivity contribution < 1.29 is 33.4 Å². The monoisotopic (exact) mass is 680 g/mol. The Kier molecular flexibility index (Phi) is 14.1. The van der Waals surface area contributed by atoms with Crippen molar-refractivity contribution in [1.29, 1.82) is 0 Å². The highest BCUT2D eigenvalue weighted by Gasteiger charge is 2.29. The number of nitrogens with two attached hydrogens (primary N) is 2. The maximum absolute atomic E-state index is 13.3. The topological polar surface area (TPSA) is 243 Å². The molecule has 0 bridgehead atoms. The first-order chi connectivity index (χ1) is 23.3. The summed E-state index contributed by atoms with van der Waals surface area (Å²) in [6.07, 6.45) is 3.31. The zero-order chi connectivity index (χ0) is 36.1. The van der Waals surface area contributed by atoms with Crippen LogP contribution in [-0.4, -0.2) is 75.7 Å². The lowest BCUT2D eigenvalue weighted by Crippen LogP contribution is -2.52. The molecule has 0 fully saturated rings. The molecule has 2 heterocycles. The maximum atomic E-state index is 13.3. The summed E-state index contributed by atoms with van der Waals surface area (Å²) in [5, 5.41) is 7.58. The third kappa shape index (κ3) is 11.6. The van der Waals surface area contributed by atoms with E-state index in [1.807, 2.05) is 24.3 Å². The largest absolute Gasteiger partial charge is 0.461 e. The molecule has 264 valence electrons. The van der Waals surface area contributed by atoms with Crippen molar-refractivity contribution in [2.24, 2.45) is 23.3 Å². The molecule has 16 nitrogen and oxygen atoms in total. The lowest BCUT2D eigenvalue weighted by atomic mass is 10.0. The number of H-pyrrole nitrogens is 1. The number of carbonyl (C=O) groups is 5. The summed E-state index contributed by atoms with van der Waals surface area (Å²) in [5.41, 5.74) is 12.0. The molecular weight excluding hydrogens is 636 g/mol. The van der Waals surface area contributed by atoms with Gasteiger partial charge >= 0.3 is 12.1 Å². The first-order valence-corrected chi connectivity index (χ1v) is 15.8. The smallest absolute Gasteiger partial charge is 0.407 e. The summed E-state index contributed by atoms with van der Waals surface area (Å²) in [6, 6.07) is 7.47. The second-order valence-corrected chi connectivity index (χ2v) is 11.9. The summed E-state index contributed by atoms with van der Waals surface area (Å²) in [6.45, 7) is 6.45. The van der Waals surface area contributed by atoms with Crippen LogP contribution in [0.1, 0.15) is 46.4 Å². The number of esters is 1. The van der Waals surface area contributed by atoms with Crippen molar-refractivity contribution in [2.75, 3.05) is 18.5 Å². The number of amides is 4. The molecule has 2 aromatic heterocycles. The minimum atomic E-state index is -1.19. The van der Waals surface area contributed by atoms with E-state index in [4.69, 9.17) is 20.9 Å². The molecule has 3 atom stereocenters. The highest BCUT2D eigenvalue weighted by molar-refractivity contribution is 5.96. The van der Waals surface area contributed by atoms with Crippen LogP contribution in [0.4, 0.5) is 10.5 Å². The number of para-hydroxylation sites is 2. The molecule has 0 spiro atoms. The number of allylic oxidation sites excluding steroid dienone is 1. The molecule has 3 rings (SSSR count). The number of aromatic nitrogens is 3. The number of hydrogen-bond acceptors (Lipinski definition) is 10. The fourth-order valence-electron chi connectivity index (χ4n) is 4.55. The summed E-state index contributed by atoms with van der Waals surface area (Å²) >= 11 is 0. The third-order valence-corrected chi connectivity index (χ3v) is 7.35. The number of aromatic amines is 1. The maximum Gasteiger partial charge on any atom is 0.407 e. The van der Waals surface area contributed by atoms with Crippen LogP contribution in [0.3, 0.4) is 0 Å². The van der Waals surface area contributed by atoms with Gasteiger partial charge < -0.3 is 46.4 Å². The number of pyridine rings is 1. The minimum Gasteiger partial charge on any atom is -0.461 e. The second kappa shape index (κ2) is 18.1. The molecule has 1 unspecified atom stereocenters. The Morgan fingerprint density at radius 1 is 0.959 bits per heavy atom. The zero-order valence-electron chi connectivity index (χ0n) is 27.9. The Morgan fingerprint density at radius 3 is 2.35 bits per heavy atom. The first-order valence-electron chi connectivity index (χ1n) is 15.8. The van der Waals surface area contributed by atoms with Crippen molar-refractivity contribution >= 4 is 46.5 Å². The molecule has 0 aliphatic carbocycles. The van der Waals surface area contributed by atoms with Crippen LogP contribution in [0, 0.1) is 11.8 Å². The fraction of sp³-hybridized carbons (Fsp3) is 0.424. The first kappa shape index (κ1) is 37.9. The zero-order valence-corrected chi connectivity index (χ0v) is 27.9. The molecule has 0 aliphatic heterocycles. The second-order valence-electron chi connectivity index (χ2n) is 11.9. The molecule has 16 heteroatoms. The highest BCUT2D eigenvalue weighted by Crippen LogP contribution is 2.12. The lowest BCUT2D eigenvalue weighted by Gasteiger charge is -2.24. The molecular formula is C33H44N8O8. The molecule has 0 radical (unpaired) electrons. The molecule has 0 aliphatic rings. The summed E-state index contributed by atoms with van der Waals surface area (Å²) < 4.78 is 11.7. The average Bonchev–Trinajstić information content (AvgIpc) is 3.46. The van der Waals surface area contributed by atoms with Gasteiger partial charge in [0.05, 0.1) is 23.6 Å². The Morgan fingerprint density at radius 2 is 1.67 bits per heavy atom. The van der Waals surface area contributed by atoms with Gasteiger partial charge in [0, 0.05) is 6.20 Å². The van der Waals surface area contributed by atoms with Crippen LogP contribution in [0.2, 0.25) is 0 Å². The number of imidazole rings is 1. The highest BCUT2D eigenvalue weighted by atomic mass is 16.6. The van der Waals surface area contributed by atoms with Crippen molar-refractivity contribution in [3.05, 3.63) is 70.9 Å². The van der Waals surface area contributed by atoms with Crippen molar-refractivity contribution in [3.63, 3.8) is 0 Å². The van der Waals surface area contributed by atoms with Crippen LogP contribution in [-0.2, 0) is 35.2 Å². The molecule has 0 saturated heterocycles. The molecule has 4 amide bonds. The average molecular weight is 681 g/mol. The molecule has 3 aromatic rings. The Hall–Kier alpha value is -5.51. The van der Waals surface area contributed by atoms with Gasteiger partial charge in [-0.25, -0.2) is 14.6 Å². The number of nitrogens with one attached hydrogen (secondary N) is 4. The molecule has 8 N–H and O–H groups in total. The van der Waals surface area contributed by atoms with E-state index in [0.717, 1.165) is 17.1 Å². The van der Waals surface area contributed by atoms with Crippen LogP contribution >= 0.6 is 0 Å². The van der Waals surface area contributed by atoms with Gasteiger partial charge in [-0.3, -0.25) is 19.2 Å². The van der Waals surface area contributed by atoms with Gasteiger partial charge in [-0.15, -0.1) is 0 Å². The van der Waals surface area contributed by atoms with Crippen molar-refractivity contribution in [1.82, 2.24) is 25.2 Å². The molecule has 49 heavy (non-hydrogen) atoms. The Labute approximate surface area is 283 Å². The van der Waals surface area contributed by atoms with E-state index in [1.165, 1.54) is 16.7 Å². The van der Waals surface area contributed by atoms with E-state index in [-0.39, 0.29) is 50.1 Å². The number of benzene rings is 1. The van der Waals surface area contributed by atoms with E-state index in [2.05, 4.69) is 25.9 Å². The van der Waals surface area contributed by atoms with Gasteiger partial charge in [0.25, 0.3) is 5.56 Å². The minimum absolute atomic E-state index is 0.0218. The van der Waals surface area contributed by atoms with Crippen LogP contribution in [0.15, 0.2) is 59.5 Å². The number of anilines is 1. The number of hydrogen-bond donors (Lipinski definition) is 6. The number of ether oxygens (including phenoxy) is 2. The molecule has 1 aromatic carbocycles.